The number of ketones is 4. The molecule has 4 atom stereocenters. The van der Waals surface area contributed by atoms with Gasteiger partial charge in [0, 0.05) is 34.3 Å². The van der Waals surface area contributed by atoms with E-state index < -0.39 is 58.9 Å². The summed E-state index contributed by atoms with van der Waals surface area (Å²) in [6.07, 6.45) is 0. The highest BCUT2D eigenvalue weighted by atomic mass is 19.1. The van der Waals surface area contributed by atoms with Crippen LogP contribution in [0.3, 0.4) is 0 Å². The second-order valence-corrected chi connectivity index (χ2v) is 15.2. The van der Waals surface area contributed by atoms with Crippen LogP contribution in [0.15, 0.2) is 176 Å². The van der Waals surface area contributed by atoms with Crippen LogP contribution in [0, 0.1) is 29.5 Å². The number of hydrogen-bond donors (Lipinski definition) is 2. The van der Waals surface area contributed by atoms with Gasteiger partial charge in [0.1, 0.15) is 29.2 Å². The SMILES string of the molecule is CC(C)C(=O)C(C(=O)Nc1ccccc1)C(C(=O)c1ccc(F)cc1)c1ccccc1.CC(C)C(=O)C(C(=O)Nc1ccccc1)C(C(=O)c1ccccc1)c1ccccc1. The van der Waals surface area contributed by atoms with Crippen LogP contribution in [-0.4, -0.2) is 34.9 Å². The Labute approximate surface area is 356 Å². The maximum absolute atomic E-state index is 13.5. The standard InChI is InChI=1S/C26H24FNO3.C26H25NO3/c1-17(2)24(29)23(26(31)28-21-11-7-4-8-12-21)22(18-9-5-3-6-10-18)25(30)19-13-15-20(27)16-14-19;1-18(2)24(28)23(26(30)27-21-16-10-5-11-17-21)22(19-12-6-3-7-13-19)25(29)20-14-8-4-9-15-20/h3-17,22-23H,1-2H3,(H,28,31);3-18,22-23H,1-2H3,(H,27,30). The number of amides is 2. The van der Waals surface area contributed by atoms with Crippen LogP contribution < -0.4 is 10.6 Å². The predicted octanol–water partition coefficient (Wildman–Crippen LogP) is 10.4. The fraction of sp³-hybridized carbons (Fsp3) is 0.192. The van der Waals surface area contributed by atoms with E-state index in [-0.39, 0.29) is 22.9 Å². The van der Waals surface area contributed by atoms with Gasteiger partial charge in [-0.1, -0.05) is 155 Å². The van der Waals surface area contributed by atoms with E-state index in [0.29, 0.717) is 28.1 Å². The molecule has 2 amide bonds. The van der Waals surface area contributed by atoms with E-state index >= 15 is 0 Å². The van der Waals surface area contributed by atoms with E-state index in [1.54, 1.807) is 143 Å². The lowest BCUT2D eigenvalue weighted by Gasteiger charge is -2.26. The lowest BCUT2D eigenvalue weighted by atomic mass is 9.75. The van der Waals surface area contributed by atoms with Crippen LogP contribution in [0.4, 0.5) is 15.8 Å². The summed E-state index contributed by atoms with van der Waals surface area (Å²) in [5, 5.41) is 5.59. The summed E-state index contributed by atoms with van der Waals surface area (Å²) in [6.45, 7) is 6.91. The largest absolute Gasteiger partial charge is 0.325 e. The zero-order chi connectivity index (χ0) is 43.9. The third-order valence-corrected chi connectivity index (χ3v) is 10.1. The van der Waals surface area contributed by atoms with Crippen LogP contribution in [0.5, 0.6) is 0 Å². The molecule has 4 unspecified atom stereocenters. The van der Waals surface area contributed by atoms with Gasteiger partial charge < -0.3 is 10.6 Å². The summed E-state index contributed by atoms with van der Waals surface area (Å²) >= 11 is 0. The number of rotatable bonds is 16. The molecule has 310 valence electrons. The lowest BCUT2D eigenvalue weighted by Crippen LogP contribution is -2.40. The minimum absolute atomic E-state index is 0.240. The molecule has 0 bridgehead atoms. The summed E-state index contributed by atoms with van der Waals surface area (Å²) in [5.74, 6) is -7.92. The van der Waals surface area contributed by atoms with Crippen LogP contribution in [0.1, 0.15) is 71.4 Å². The molecule has 0 saturated heterocycles. The molecule has 8 nitrogen and oxygen atoms in total. The maximum atomic E-state index is 13.5. The molecule has 0 saturated carbocycles. The molecule has 2 N–H and O–H groups in total. The molecule has 0 aliphatic rings. The first-order valence-electron chi connectivity index (χ1n) is 20.2. The highest BCUT2D eigenvalue weighted by Crippen LogP contribution is 2.34. The van der Waals surface area contributed by atoms with E-state index in [4.69, 9.17) is 0 Å². The van der Waals surface area contributed by atoms with Gasteiger partial charge in [-0.3, -0.25) is 28.8 Å². The maximum Gasteiger partial charge on any atom is 0.236 e. The van der Waals surface area contributed by atoms with Gasteiger partial charge in [0.15, 0.2) is 11.6 Å². The van der Waals surface area contributed by atoms with Crippen molar-refractivity contribution >= 4 is 46.3 Å². The van der Waals surface area contributed by atoms with Crippen LogP contribution in [-0.2, 0) is 19.2 Å². The van der Waals surface area contributed by atoms with Gasteiger partial charge in [0.05, 0.1) is 11.8 Å². The van der Waals surface area contributed by atoms with E-state index in [1.165, 1.54) is 24.3 Å². The second-order valence-electron chi connectivity index (χ2n) is 15.2. The molecule has 6 aromatic rings. The first-order valence-corrected chi connectivity index (χ1v) is 20.2. The Morgan fingerprint density at radius 3 is 1.02 bits per heavy atom. The number of nitrogens with one attached hydrogen (secondary N) is 2. The van der Waals surface area contributed by atoms with Gasteiger partial charge in [-0.15, -0.1) is 0 Å². The average Bonchev–Trinajstić information content (AvgIpc) is 3.28. The lowest BCUT2D eigenvalue weighted by molar-refractivity contribution is -0.135. The molecule has 0 spiro atoms. The molecular formula is C52H49FN2O6. The molecule has 0 aromatic heterocycles. The van der Waals surface area contributed by atoms with Gasteiger partial charge in [-0.25, -0.2) is 4.39 Å². The van der Waals surface area contributed by atoms with Crippen molar-refractivity contribution < 1.29 is 33.2 Å². The number of para-hydroxylation sites is 2. The van der Waals surface area contributed by atoms with Crippen molar-refractivity contribution in [1.29, 1.82) is 0 Å². The number of benzene rings is 6. The predicted molar refractivity (Wildman–Crippen MR) is 237 cm³/mol. The molecule has 61 heavy (non-hydrogen) atoms. The monoisotopic (exact) mass is 816 g/mol. The van der Waals surface area contributed by atoms with Gasteiger partial charge in [-0.2, -0.15) is 0 Å². The van der Waals surface area contributed by atoms with Crippen molar-refractivity contribution in [1.82, 2.24) is 0 Å². The van der Waals surface area contributed by atoms with Crippen molar-refractivity contribution in [2.24, 2.45) is 23.7 Å². The van der Waals surface area contributed by atoms with Crippen molar-refractivity contribution in [2.45, 2.75) is 39.5 Å². The van der Waals surface area contributed by atoms with E-state index in [2.05, 4.69) is 10.6 Å². The van der Waals surface area contributed by atoms with Gasteiger partial charge in [0.25, 0.3) is 0 Å². The number of halogens is 1. The second kappa shape index (κ2) is 21.8. The number of Topliss-reactive ketones (excluding diaryl/α,β-unsaturated/α-hetero) is 4. The fourth-order valence-electron chi connectivity index (χ4n) is 6.98. The Morgan fingerprint density at radius 2 is 0.689 bits per heavy atom. The summed E-state index contributed by atoms with van der Waals surface area (Å²) in [5.41, 5.74) is 3.04. The quantitative estimate of drug-likeness (QED) is 0.0740. The third kappa shape index (κ3) is 12.0. The molecule has 0 aliphatic carbocycles. The Bertz CT molecular complexity index is 2390. The van der Waals surface area contributed by atoms with Crippen molar-refractivity contribution in [3.8, 4) is 0 Å². The zero-order valence-electron chi connectivity index (χ0n) is 34.5. The highest BCUT2D eigenvalue weighted by molar-refractivity contribution is 6.16. The van der Waals surface area contributed by atoms with Crippen LogP contribution >= 0.6 is 0 Å². The van der Waals surface area contributed by atoms with E-state index in [1.807, 2.05) is 36.4 Å². The Balaban J connectivity index is 0.000000231. The molecule has 0 aliphatic heterocycles. The molecule has 9 heteroatoms. The Hall–Kier alpha value is -7.13. The fourth-order valence-corrected chi connectivity index (χ4v) is 6.98. The summed E-state index contributed by atoms with van der Waals surface area (Å²) < 4.78 is 13.4. The van der Waals surface area contributed by atoms with Crippen LogP contribution in [0.25, 0.3) is 0 Å². The number of hydrogen-bond acceptors (Lipinski definition) is 6. The zero-order valence-corrected chi connectivity index (χ0v) is 34.5. The van der Waals surface area contributed by atoms with Gasteiger partial charge >= 0.3 is 0 Å². The molecule has 6 rings (SSSR count). The average molecular weight is 817 g/mol. The van der Waals surface area contributed by atoms with Gasteiger partial charge in [-0.05, 0) is 59.7 Å². The van der Waals surface area contributed by atoms with E-state index in [9.17, 15) is 33.2 Å². The van der Waals surface area contributed by atoms with Crippen molar-refractivity contribution in [3.05, 3.63) is 204 Å². The van der Waals surface area contributed by atoms with Gasteiger partial charge in [0.2, 0.25) is 11.8 Å². The number of anilines is 2. The minimum atomic E-state index is -1.24. The first kappa shape index (κ1) is 45.0. The Kier molecular flexibility index (Phi) is 16.0. The normalized spacial score (nSPS) is 12.8. The smallest absolute Gasteiger partial charge is 0.236 e. The minimum Gasteiger partial charge on any atom is -0.325 e. The molecule has 0 radical (unpaired) electrons. The summed E-state index contributed by atoms with van der Waals surface area (Å²) in [6, 6.07) is 49.5. The van der Waals surface area contributed by atoms with Crippen molar-refractivity contribution in [2.75, 3.05) is 10.6 Å². The Morgan fingerprint density at radius 1 is 0.393 bits per heavy atom. The van der Waals surface area contributed by atoms with Crippen LogP contribution in [0.2, 0.25) is 0 Å². The molecule has 0 heterocycles. The summed E-state index contributed by atoms with van der Waals surface area (Å²) in [4.78, 5) is 80.1. The molecule has 6 aromatic carbocycles. The number of carbonyl (C=O) groups is 6. The van der Waals surface area contributed by atoms with E-state index in [0.717, 1.165) is 0 Å². The topological polar surface area (TPSA) is 126 Å². The first-order chi connectivity index (χ1) is 29.4. The highest BCUT2D eigenvalue weighted by Gasteiger charge is 2.42. The summed E-state index contributed by atoms with van der Waals surface area (Å²) in [7, 11) is 0. The molecule has 0 fully saturated rings. The third-order valence-electron chi connectivity index (χ3n) is 10.1. The van der Waals surface area contributed by atoms with Crippen molar-refractivity contribution in [3.63, 3.8) is 0 Å². The molecular weight excluding hydrogens is 768 g/mol. The number of carbonyl (C=O) groups excluding carboxylic acids is 6.